The summed E-state index contributed by atoms with van der Waals surface area (Å²) in [6.07, 6.45) is 7.46. The maximum atomic E-state index is 5.83. The van der Waals surface area contributed by atoms with Gasteiger partial charge in [0.05, 0.1) is 11.7 Å². The van der Waals surface area contributed by atoms with E-state index in [9.17, 15) is 0 Å². The number of anilines is 1. The van der Waals surface area contributed by atoms with E-state index in [1.807, 2.05) is 24.5 Å². The maximum Gasteiger partial charge on any atom is 0.114 e. The van der Waals surface area contributed by atoms with E-state index in [2.05, 4.69) is 21.3 Å². The number of imidazole rings is 1. The van der Waals surface area contributed by atoms with Gasteiger partial charge in [-0.05, 0) is 38.6 Å². The fourth-order valence-corrected chi connectivity index (χ4v) is 2.66. The van der Waals surface area contributed by atoms with E-state index in [4.69, 9.17) is 5.73 Å². The van der Waals surface area contributed by atoms with Crippen molar-refractivity contribution >= 4 is 11.2 Å². The van der Waals surface area contributed by atoms with E-state index < -0.39 is 0 Å². The van der Waals surface area contributed by atoms with Crippen LogP contribution in [-0.4, -0.2) is 33.9 Å². The molecule has 90 valence electrons. The van der Waals surface area contributed by atoms with Crippen molar-refractivity contribution in [3.05, 3.63) is 30.4 Å². The van der Waals surface area contributed by atoms with Gasteiger partial charge in [0.15, 0.2) is 0 Å². The van der Waals surface area contributed by atoms with Crippen LogP contribution in [0.4, 0.5) is 5.69 Å². The zero-order valence-corrected chi connectivity index (χ0v) is 10.1. The number of hydrogen-bond donors (Lipinski definition) is 1. The molecule has 2 N–H and O–H groups in total. The van der Waals surface area contributed by atoms with Crippen LogP contribution in [0.2, 0.25) is 0 Å². The summed E-state index contributed by atoms with van der Waals surface area (Å²) in [6.45, 7) is 1.20. The number of likely N-dealkylation sites (tertiary alicyclic amines) is 1. The number of nitrogen functional groups attached to an aromatic ring is 1. The molecule has 2 aromatic heterocycles. The normalized spacial score (nSPS) is 21.4. The van der Waals surface area contributed by atoms with Gasteiger partial charge < -0.3 is 15.0 Å². The van der Waals surface area contributed by atoms with E-state index in [1.54, 1.807) is 0 Å². The van der Waals surface area contributed by atoms with Gasteiger partial charge >= 0.3 is 0 Å². The molecule has 0 aliphatic carbocycles. The zero-order chi connectivity index (χ0) is 11.8. The van der Waals surface area contributed by atoms with Crippen molar-refractivity contribution in [3.8, 4) is 0 Å². The Morgan fingerprint density at radius 3 is 3.12 bits per heavy atom. The molecule has 17 heavy (non-hydrogen) atoms. The molecule has 0 bridgehead atoms. The fourth-order valence-electron chi connectivity index (χ4n) is 2.66. The van der Waals surface area contributed by atoms with Gasteiger partial charge in [-0.1, -0.05) is 0 Å². The Morgan fingerprint density at radius 1 is 1.47 bits per heavy atom. The van der Waals surface area contributed by atoms with Crippen LogP contribution in [0.25, 0.3) is 5.52 Å². The van der Waals surface area contributed by atoms with Crippen LogP contribution < -0.4 is 5.73 Å². The first-order chi connectivity index (χ1) is 8.24. The second kappa shape index (κ2) is 4.04. The second-order valence-electron chi connectivity index (χ2n) is 4.91. The molecule has 1 aliphatic rings. The van der Waals surface area contributed by atoms with Gasteiger partial charge in [0.25, 0.3) is 0 Å². The minimum Gasteiger partial charge on any atom is -0.398 e. The number of pyridine rings is 1. The molecule has 1 aliphatic heterocycles. The summed E-state index contributed by atoms with van der Waals surface area (Å²) in [5.74, 6) is 1.12. The van der Waals surface area contributed by atoms with Crippen molar-refractivity contribution in [2.45, 2.75) is 25.3 Å². The molecule has 0 radical (unpaired) electrons. The lowest BCUT2D eigenvalue weighted by molar-refractivity contribution is 0.305. The Balaban J connectivity index is 1.92. The van der Waals surface area contributed by atoms with Crippen LogP contribution in [0.3, 0.4) is 0 Å². The lowest BCUT2D eigenvalue weighted by Crippen LogP contribution is -2.27. The predicted octanol–water partition coefficient (Wildman–Crippen LogP) is 1.55. The summed E-state index contributed by atoms with van der Waals surface area (Å²) in [4.78, 5) is 6.94. The molecule has 1 saturated heterocycles. The molecule has 1 unspecified atom stereocenters. The van der Waals surface area contributed by atoms with Crippen molar-refractivity contribution in [3.63, 3.8) is 0 Å². The summed E-state index contributed by atoms with van der Waals surface area (Å²) in [5.41, 5.74) is 7.74. The molecule has 4 heteroatoms. The molecule has 3 heterocycles. The van der Waals surface area contributed by atoms with Crippen molar-refractivity contribution in [2.75, 3.05) is 19.3 Å². The lowest BCUT2D eigenvalue weighted by atomic mass is 10.1. The van der Waals surface area contributed by atoms with E-state index in [-0.39, 0.29) is 0 Å². The average molecular weight is 230 g/mol. The van der Waals surface area contributed by atoms with Crippen LogP contribution in [0.1, 0.15) is 18.7 Å². The molecule has 3 rings (SSSR count). The first kappa shape index (κ1) is 10.6. The quantitative estimate of drug-likeness (QED) is 0.851. The molecule has 2 aromatic rings. The molecule has 4 nitrogen and oxygen atoms in total. The predicted molar refractivity (Wildman–Crippen MR) is 69.0 cm³/mol. The number of aromatic nitrogens is 2. The van der Waals surface area contributed by atoms with E-state index in [0.29, 0.717) is 6.04 Å². The Bertz CT molecular complexity index is 531. The van der Waals surface area contributed by atoms with Crippen molar-refractivity contribution in [2.24, 2.45) is 0 Å². The first-order valence-corrected chi connectivity index (χ1v) is 6.16. The van der Waals surface area contributed by atoms with Crippen molar-refractivity contribution in [1.82, 2.24) is 14.3 Å². The van der Waals surface area contributed by atoms with Gasteiger partial charge in [0.1, 0.15) is 5.82 Å². The molecule has 0 amide bonds. The van der Waals surface area contributed by atoms with Crippen molar-refractivity contribution < 1.29 is 0 Å². The second-order valence-corrected chi connectivity index (χ2v) is 4.91. The molecular formula is C13H18N4. The number of hydrogen-bond acceptors (Lipinski definition) is 3. The van der Waals surface area contributed by atoms with Crippen LogP contribution >= 0.6 is 0 Å². The third kappa shape index (κ3) is 1.89. The third-order valence-electron chi connectivity index (χ3n) is 3.72. The molecule has 0 spiro atoms. The number of nitrogens with two attached hydrogens (primary N) is 1. The Labute approximate surface area is 101 Å². The summed E-state index contributed by atoms with van der Waals surface area (Å²) >= 11 is 0. The minimum atomic E-state index is 0.627. The number of nitrogens with zero attached hydrogens (tertiary/aromatic N) is 3. The smallest absolute Gasteiger partial charge is 0.114 e. The molecule has 1 atom stereocenters. The Morgan fingerprint density at radius 2 is 2.35 bits per heavy atom. The standard InChI is InChI=1S/C13H18N4/c1-16-6-2-3-11(16)7-13-15-8-12-5-4-10(14)9-17(12)13/h4-5,8-9,11H,2-3,6-7,14H2,1H3. The van der Waals surface area contributed by atoms with E-state index in [0.717, 1.165) is 23.4 Å². The SMILES string of the molecule is CN1CCCC1Cc1ncc2ccc(N)cn12. The monoisotopic (exact) mass is 230 g/mol. The highest BCUT2D eigenvalue weighted by atomic mass is 15.2. The molecule has 1 fully saturated rings. The van der Waals surface area contributed by atoms with Gasteiger partial charge in [-0.2, -0.15) is 0 Å². The first-order valence-electron chi connectivity index (χ1n) is 6.16. The van der Waals surface area contributed by atoms with Crippen LogP contribution in [-0.2, 0) is 6.42 Å². The molecule has 0 aromatic carbocycles. The Hall–Kier alpha value is -1.55. The van der Waals surface area contributed by atoms with Crippen LogP contribution in [0.15, 0.2) is 24.5 Å². The highest BCUT2D eigenvalue weighted by Gasteiger charge is 2.22. The van der Waals surface area contributed by atoms with Gasteiger partial charge in [-0.3, -0.25) is 0 Å². The highest BCUT2D eigenvalue weighted by Crippen LogP contribution is 2.20. The van der Waals surface area contributed by atoms with Gasteiger partial charge in [-0.25, -0.2) is 4.98 Å². The van der Waals surface area contributed by atoms with Crippen LogP contribution in [0.5, 0.6) is 0 Å². The van der Waals surface area contributed by atoms with Crippen molar-refractivity contribution in [1.29, 1.82) is 0 Å². The minimum absolute atomic E-state index is 0.627. The highest BCUT2D eigenvalue weighted by molar-refractivity contribution is 5.52. The molecular weight excluding hydrogens is 212 g/mol. The van der Waals surface area contributed by atoms with E-state index in [1.165, 1.54) is 19.4 Å². The van der Waals surface area contributed by atoms with E-state index >= 15 is 0 Å². The Kier molecular flexibility index (Phi) is 2.52. The summed E-state index contributed by atoms with van der Waals surface area (Å²) in [7, 11) is 2.20. The fraction of sp³-hybridized carbons (Fsp3) is 0.462. The lowest BCUT2D eigenvalue weighted by Gasteiger charge is -2.18. The van der Waals surface area contributed by atoms with Crippen LogP contribution in [0, 0.1) is 0 Å². The number of fused-ring (bicyclic) bond motifs is 1. The topological polar surface area (TPSA) is 46.6 Å². The molecule has 0 saturated carbocycles. The summed E-state index contributed by atoms with van der Waals surface area (Å²) in [5, 5.41) is 0. The van der Waals surface area contributed by atoms with Gasteiger partial charge in [-0.15, -0.1) is 0 Å². The van der Waals surface area contributed by atoms with Gasteiger partial charge in [0.2, 0.25) is 0 Å². The number of rotatable bonds is 2. The largest absolute Gasteiger partial charge is 0.398 e. The van der Waals surface area contributed by atoms with Gasteiger partial charge in [0, 0.05) is 24.3 Å². The summed E-state index contributed by atoms with van der Waals surface area (Å²) in [6, 6.07) is 4.56. The zero-order valence-electron chi connectivity index (χ0n) is 10.1. The average Bonchev–Trinajstić information content (AvgIpc) is 2.88. The number of likely N-dealkylation sites (N-methyl/N-ethyl adjacent to an activating group) is 1. The summed E-state index contributed by atoms with van der Waals surface area (Å²) < 4.78 is 2.11. The third-order valence-corrected chi connectivity index (χ3v) is 3.72. The maximum absolute atomic E-state index is 5.83.